The minimum Gasteiger partial charge on any atom is -0.507 e. The summed E-state index contributed by atoms with van der Waals surface area (Å²) in [5, 5.41) is 38.1. The number of H-pyrrole nitrogens is 1. The van der Waals surface area contributed by atoms with Crippen molar-refractivity contribution in [3.8, 4) is 23.0 Å². The second-order valence-electron chi connectivity index (χ2n) is 14.0. The first-order chi connectivity index (χ1) is 29.8. The number of phenols is 3. The molecule has 2 fully saturated rings. The summed E-state index contributed by atoms with van der Waals surface area (Å²) >= 11 is 12.6. The van der Waals surface area contributed by atoms with E-state index in [0.29, 0.717) is 5.39 Å². The summed E-state index contributed by atoms with van der Waals surface area (Å²) in [6.07, 6.45) is -4.26. The molecule has 2 saturated heterocycles. The van der Waals surface area contributed by atoms with E-state index in [2.05, 4.69) is 15.5 Å². The maximum Gasteiger partial charge on any atom is 0.472 e. The number of ether oxygens (including phenoxy) is 5. The SMILES string of the molecule is COc1cc(Cl)c(/C=N/O[C@@H]2C[C@H](n3cc(CNC(=O)c4cc5c(O)cccc5cc4O)c(=O)[nH]c3=O)OC2COP(=O)(O)OC[C@@H]2C[C@H](OC(C)=O)OC2OC(C)=O)c(Cl)c1O. The van der Waals surface area contributed by atoms with E-state index in [-0.39, 0.29) is 56.5 Å². The topological polar surface area (TPSA) is 302 Å². The number of nitrogens with zero attached hydrogens (tertiary/aromatic N) is 2. The highest BCUT2D eigenvalue weighted by Crippen LogP contribution is 2.46. The number of esters is 2. The summed E-state index contributed by atoms with van der Waals surface area (Å²) < 4.78 is 51.1. The molecule has 0 bridgehead atoms. The van der Waals surface area contributed by atoms with Crippen LogP contribution in [-0.2, 0) is 53.5 Å². The molecule has 7 atom stereocenters. The fourth-order valence-electron chi connectivity index (χ4n) is 6.55. The fraction of sp³-hybridized carbons (Fsp3) is 0.368. The first-order valence-electron chi connectivity index (χ1n) is 18.6. The van der Waals surface area contributed by atoms with Crippen LogP contribution in [0.2, 0.25) is 10.0 Å². The standard InChI is InChI=1S/C38H39Cl2N4O18P/c1-17(45)58-32-8-20(37(61-32)59-18(2)46)15-56-63(53,54)57-16-30-28(62-42-13-24-25(39)10-29(55-3)34(49)33(24)40)11-31(60-30)44-14-21(35(50)43-38(44)52)12-41-36(51)23-9-22-19(7-27(23)48)5-4-6-26(22)47/h4-7,9-10,13-14,20,28,30-32,37,47-49H,8,11-12,15-16H2,1-3H3,(H,41,51)(H,53,54)(H,43,50,52)/b42-13+/t20-,28+,30?,31+,32+,37?/m0/s1. The van der Waals surface area contributed by atoms with E-state index in [1.54, 1.807) is 12.1 Å². The Kier molecular flexibility index (Phi) is 14.7. The van der Waals surface area contributed by atoms with E-state index < -0.39 is 105 Å². The maximum atomic E-state index is 13.2. The first kappa shape index (κ1) is 46.8. The second-order valence-corrected chi connectivity index (χ2v) is 16.2. The smallest absolute Gasteiger partial charge is 0.472 e. The van der Waals surface area contributed by atoms with Crippen molar-refractivity contribution in [1.29, 1.82) is 0 Å². The lowest BCUT2D eigenvalue weighted by atomic mass is 10.0. The molecular weight excluding hydrogens is 902 g/mol. The summed E-state index contributed by atoms with van der Waals surface area (Å²) in [6.45, 7) is 0.495. The van der Waals surface area contributed by atoms with Gasteiger partial charge in [0.1, 0.15) is 23.8 Å². The number of phenolic OH excluding ortho intramolecular Hbond substituents is 3. The van der Waals surface area contributed by atoms with Crippen molar-refractivity contribution in [2.24, 2.45) is 11.1 Å². The van der Waals surface area contributed by atoms with Gasteiger partial charge in [-0.05, 0) is 23.6 Å². The predicted molar refractivity (Wildman–Crippen MR) is 217 cm³/mol. The predicted octanol–water partition coefficient (Wildman–Crippen LogP) is 3.71. The van der Waals surface area contributed by atoms with Gasteiger partial charge in [-0.3, -0.25) is 37.8 Å². The van der Waals surface area contributed by atoms with E-state index >= 15 is 0 Å². The monoisotopic (exact) mass is 940 g/mol. The summed E-state index contributed by atoms with van der Waals surface area (Å²) in [4.78, 5) is 80.7. The number of hydrogen-bond donors (Lipinski definition) is 6. The molecule has 25 heteroatoms. The van der Waals surface area contributed by atoms with Crippen LogP contribution >= 0.6 is 31.0 Å². The molecule has 6 rings (SSSR count). The van der Waals surface area contributed by atoms with Crippen molar-refractivity contribution < 1.29 is 76.7 Å². The number of hydrogen-bond acceptors (Lipinski definition) is 18. The largest absolute Gasteiger partial charge is 0.507 e. The Hall–Kier alpha value is -5.71. The number of aromatic hydroxyl groups is 3. The number of halogens is 2. The number of nitrogens with one attached hydrogen (secondary N) is 2. The maximum absolute atomic E-state index is 13.2. The minimum absolute atomic E-state index is 0.0111. The van der Waals surface area contributed by atoms with Gasteiger partial charge in [-0.1, -0.05) is 40.5 Å². The van der Waals surface area contributed by atoms with Gasteiger partial charge in [0.05, 0.1) is 60.2 Å². The highest BCUT2D eigenvalue weighted by atomic mass is 35.5. The average Bonchev–Trinajstić information content (AvgIpc) is 3.80. The number of oxime groups is 1. The molecular formula is C38H39Cl2N4O18P. The number of aromatic nitrogens is 2. The van der Waals surface area contributed by atoms with Crippen LogP contribution in [0.1, 0.15) is 54.4 Å². The van der Waals surface area contributed by atoms with Crippen LogP contribution in [0.25, 0.3) is 10.8 Å². The number of carbonyl (C=O) groups is 3. The third kappa shape index (κ3) is 11.3. The zero-order valence-corrected chi connectivity index (χ0v) is 35.6. The van der Waals surface area contributed by atoms with Crippen molar-refractivity contribution >= 4 is 65.9 Å². The zero-order chi connectivity index (χ0) is 45.7. The Balaban J connectivity index is 1.19. The number of phosphoric acid groups is 1. The van der Waals surface area contributed by atoms with Gasteiger partial charge in [0.2, 0.25) is 12.6 Å². The first-order valence-corrected chi connectivity index (χ1v) is 20.9. The van der Waals surface area contributed by atoms with Crippen molar-refractivity contribution in [2.45, 2.75) is 64.2 Å². The van der Waals surface area contributed by atoms with Gasteiger partial charge in [0, 0.05) is 49.9 Å². The van der Waals surface area contributed by atoms with Crippen molar-refractivity contribution in [2.75, 3.05) is 20.3 Å². The minimum atomic E-state index is -4.95. The molecule has 0 spiro atoms. The fourth-order valence-corrected chi connectivity index (χ4v) is 7.87. The van der Waals surface area contributed by atoms with Crippen LogP contribution in [0.3, 0.4) is 0 Å². The van der Waals surface area contributed by atoms with Gasteiger partial charge in [-0.15, -0.1) is 0 Å². The van der Waals surface area contributed by atoms with Gasteiger partial charge >= 0.3 is 25.5 Å². The lowest BCUT2D eigenvalue weighted by molar-refractivity contribution is -0.212. The average molecular weight is 942 g/mol. The number of aromatic amines is 1. The molecule has 2 aliphatic rings. The molecule has 22 nitrogen and oxygen atoms in total. The summed E-state index contributed by atoms with van der Waals surface area (Å²) in [6, 6.07) is 8.42. The second kappa shape index (κ2) is 19.8. The molecule has 2 aliphatic heterocycles. The van der Waals surface area contributed by atoms with Crippen LogP contribution in [-0.4, -0.2) is 98.9 Å². The third-order valence-corrected chi connectivity index (χ3v) is 11.2. The molecule has 6 N–H and O–H groups in total. The molecule has 338 valence electrons. The molecule has 4 aromatic rings. The molecule has 3 heterocycles. The van der Waals surface area contributed by atoms with Crippen molar-refractivity contribution in [1.82, 2.24) is 14.9 Å². The number of phosphoric ester groups is 1. The summed E-state index contributed by atoms with van der Waals surface area (Å²) in [5.41, 5.74) is -2.15. The zero-order valence-electron chi connectivity index (χ0n) is 33.2. The number of fused-ring (bicyclic) bond motifs is 1. The van der Waals surface area contributed by atoms with Gasteiger partial charge in [0.15, 0.2) is 17.6 Å². The molecule has 3 aromatic carbocycles. The lowest BCUT2D eigenvalue weighted by Gasteiger charge is -2.21. The Morgan fingerprint density at radius 3 is 2.46 bits per heavy atom. The lowest BCUT2D eigenvalue weighted by Crippen LogP contribution is -2.36. The van der Waals surface area contributed by atoms with Gasteiger partial charge in [0.25, 0.3) is 11.5 Å². The Morgan fingerprint density at radius 1 is 1.02 bits per heavy atom. The quantitative estimate of drug-likeness (QED) is 0.0404. The normalized spacial score (nSPS) is 21.9. The molecule has 0 aliphatic carbocycles. The summed E-state index contributed by atoms with van der Waals surface area (Å²) in [7, 11) is -3.67. The molecule has 0 radical (unpaired) electrons. The summed E-state index contributed by atoms with van der Waals surface area (Å²) in [5.74, 6) is -4.11. The van der Waals surface area contributed by atoms with E-state index in [1.165, 1.54) is 31.4 Å². The van der Waals surface area contributed by atoms with Gasteiger partial charge in [-0.2, -0.15) is 0 Å². The van der Waals surface area contributed by atoms with Gasteiger partial charge in [-0.25, -0.2) is 9.36 Å². The van der Waals surface area contributed by atoms with Crippen LogP contribution in [0.5, 0.6) is 23.0 Å². The van der Waals surface area contributed by atoms with E-state index in [1.807, 2.05) is 0 Å². The third-order valence-electron chi connectivity index (χ3n) is 9.58. The molecule has 1 amide bonds. The van der Waals surface area contributed by atoms with E-state index in [9.17, 15) is 48.8 Å². The molecule has 63 heavy (non-hydrogen) atoms. The number of amides is 1. The Morgan fingerprint density at radius 2 is 1.75 bits per heavy atom. The van der Waals surface area contributed by atoms with E-state index in [0.717, 1.165) is 30.8 Å². The number of carbonyl (C=O) groups excluding carboxylic acids is 3. The highest BCUT2D eigenvalue weighted by Gasteiger charge is 2.43. The molecule has 1 aromatic heterocycles. The van der Waals surface area contributed by atoms with E-state index in [4.69, 9.17) is 60.8 Å². The Labute approximate surface area is 365 Å². The number of methoxy groups -OCH3 is 1. The number of benzene rings is 3. The van der Waals surface area contributed by atoms with Crippen LogP contribution in [0, 0.1) is 5.92 Å². The molecule has 0 saturated carbocycles. The van der Waals surface area contributed by atoms with Crippen LogP contribution in [0.15, 0.2) is 57.3 Å². The Bertz CT molecular complexity index is 2610. The molecule has 3 unspecified atom stereocenters. The van der Waals surface area contributed by atoms with Crippen LogP contribution < -0.4 is 21.3 Å². The van der Waals surface area contributed by atoms with Crippen LogP contribution in [0.4, 0.5) is 0 Å². The van der Waals surface area contributed by atoms with Gasteiger partial charge < -0.3 is 54.1 Å². The van der Waals surface area contributed by atoms with Crippen molar-refractivity contribution in [3.05, 3.63) is 90.2 Å². The highest BCUT2D eigenvalue weighted by molar-refractivity contribution is 7.47. The van der Waals surface area contributed by atoms with Crippen molar-refractivity contribution in [3.63, 3.8) is 0 Å². The number of rotatable bonds is 16.